The van der Waals surface area contributed by atoms with Crippen molar-refractivity contribution in [3.8, 4) is 0 Å². The van der Waals surface area contributed by atoms with Crippen molar-refractivity contribution in [2.75, 3.05) is 18.1 Å². The maximum absolute atomic E-state index is 11.4. The standard InChI is InChI=1S/C11H13N3O2S/c1-12-14-10(15)5-7-2-3-9-8(4-7)13-11(16)6-17-9/h2-4,12H,5-6H2,1H3,(H,13,16)(H,14,15). The third-order valence-electron chi connectivity index (χ3n) is 2.31. The molecule has 0 fully saturated rings. The fraction of sp³-hybridized carbons (Fsp3) is 0.273. The Kier molecular flexibility index (Phi) is 3.65. The van der Waals surface area contributed by atoms with Crippen molar-refractivity contribution < 1.29 is 9.59 Å². The third kappa shape index (κ3) is 2.98. The topological polar surface area (TPSA) is 70.2 Å². The highest BCUT2D eigenvalue weighted by Crippen LogP contribution is 2.31. The van der Waals surface area contributed by atoms with Gasteiger partial charge >= 0.3 is 0 Å². The van der Waals surface area contributed by atoms with E-state index in [9.17, 15) is 9.59 Å². The zero-order valence-corrected chi connectivity index (χ0v) is 10.2. The molecule has 0 atom stereocenters. The van der Waals surface area contributed by atoms with Crippen LogP contribution in [-0.2, 0) is 16.0 Å². The number of thioether (sulfide) groups is 1. The van der Waals surface area contributed by atoms with Crippen LogP contribution in [0.25, 0.3) is 0 Å². The van der Waals surface area contributed by atoms with E-state index >= 15 is 0 Å². The van der Waals surface area contributed by atoms with Gasteiger partial charge in [-0.2, -0.15) is 0 Å². The SMILES string of the molecule is CNNC(=O)Cc1ccc2c(c1)NC(=O)CS2. The van der Waals surface area contributed by atoms with Crippen molar-refractivity contribution in [3.63, 3.8) is 0 Å². The monoisotopic (exact) mass is 251 g/mol. The molecule has 0 bridgehead atoms. The van der Waals surface area contributed by atoms with Gasteiger partial charge in [-0.05, 0) is 17.7 Å². The molecule has 2 rings (SSSR count). The predicted molar refractivity (Wildman–Crippen MR) is 66.7 cm³/mol. The molecule has 0 saturated heterocycles. The predicted octanol–water partition coefficient (Wildman–Crippen LogP) is 0.524. The molecule has 1 aliphatic heterocycles. The Hall–Kier alpha value is -1.53. The molecule has 0 spiro atoms. The minimum atomic E-state index is -0.109. The number of fused-ring (bicyclic) bond motifs is 1. The Labute approximate surface area is 103 Å². The van der Waals surface area contributed by atoms with Gasteiger partial charge in [0.15, 0.2) is 0 Å². The Bertz CT molecular complexity index is 462. The molecule has 3 N–H and O–H groups in total. The van der Waals surface area contributed by atoms with Gasteiger partial charge in [0.05, 0.1) is 17.9 Å². The van der Waals surface area contributed by atoms with E-state index in [1.54, 1.807) is 7.05 Å². The van der Waals surface area contributed by atoms with Crippen LogP contribution >= 0.6 is 11.8 Å². The van der Waals surface area contributed by atoms with Gasteiger partial charge in [-0.15, -0.1) is 11.8 Å². The summed E-state index contributed by atoms with van der Waals surface area (Å²) in [6.07, 6.45) is 0.286. The smallest absolute Gasteiger partial charge is 0.238 e. The van der Waals surface area contributed by atoms with E-state index in [-0.39, 0.29) is 18.2 Å². The number of carbonyl (C=O) groups is 2. The molecule has 0 saturated carbocycles. The highest BCUT2D eigenvalue weighted by Gasteiger charge is 2.15. The first kappa shape index (κ1) is 11.9. The highest BCUT2D eigenvalue weighted by molar-refractivity contribution is 8.00. The number of hydrogen-bond donors (Lipinski definition) is 3. The molecule has 0 radical (unpaired) electrons. The second-order valence-electron chi connectivity index (χ2n) is 3.64. The minimum Gasteiger partial charge on any atom is -0.324 e. The normalized spacial score (nSPS) is 13.8. The van der Waals surface area contributed by atoms with E-state index in [1.807, 2.05) is 18.2 Å². The quantitative estimate of drug-likeness (QED) is 0.685. The van der Waals surface area contributed by atoms with Crippen molar-refractivity contribution in [1.29, 1.82) is 0 Å². The van der Waals surface area contributed by atoms with Crippen LogP contribution in [0.15, 0.2) is 23.1 Å². The molecule has 1 aliphatic rings. The summed E-state index contributed by atoms with van der Waals surface area (Å²) in [5.41, 5.74) is 6.75. The molecule has 6 heteroatoms. The highest BCUT2D eigenvalue weighted by atomic mass is 32.2. The van der Waals surface area contributed by atoms with Gasteiger partial charge in [0.1, 0.15) is 0 Å². The van der Waals surface area contributed by atoms with Crippen LogP contribution < -0.4 is 16.2 Å². The number of rotatable bonds is 3. The fourth-order valence-corrected chi connectivity index (χ4v) is 2.40. The maximum atomic E-state index is 11.4. The lowest BCUT2D eigenvalue weighted by atomic mass is 10.1. The summed E-state index contributed by atoms with van der Waals surface area (Å²) in [6.45, 7) is 0. The molecule has 2 amide bonds. The summed E-state index contributed by atoms with van der Waals surface area (Å²) in [4.78, 5) is 23.7. The zero-order chi connectivity index (χ0) is 12.3. The largest absolute Gasteiger partial charge is 0.324 e. The second-order valence-corrected chi connectivity index (χ2v) is 4.66. The summed E-state index contributed by atoms with van der Waals surface area (Å²) in [5, 5.41) is 2.80. The maximum Gasteiger partial charge on any atom is 0.238 e. The Balaban J connectivity index is 2.13. The van der Waals surface area contributed by atoms with Crippen LogP contribution in [0.5, 0.6) is 0 Å². The van der Waals surface area contributed by atoms with Crippen molar-refractivity contribution in [3.05, 3.63) is 23.8 Å². The Morgan fingerprint density at radius 2 is 2.35 bits per heavy atom. The molecule has 90 valence electrons. The van der Waals surface area contributed by atoms with Crippen molar-refractivity contribution >= 4 is 29.3 Å². The lowest BCUT2D eigenvalue weighted by Gasteiger charge is -2.16. The van der Waals surface area contributed by atoms with Gasteiger partial charge in [-0.3, -0.25) is 15.0 Å². The van der Waals surface area contributed by atoms with Gasteiger partial charge in [0.25, 0.3) is 0 Å². The van der Waals surface area contributed by atoms with Crippen LogP contribution in [0.2, 0.25) is 0 Å². The van der Waals surface area contributed by atoms with E-state index in [0.717, 1.165) is 16.1 Å². The van der Waals surface area contributed by atoms with E-state index in [2.05, 4.69) is 16.2 Å². The molecule has 17 heavy (non-hydrogen) atoms. The Morgan fingerprint density at radius 3 is 3.12 bits per heavy atom. The number of carbonyl (C=O) groups excluding carboxylic acids is 2. The molecule has 5 nitrogen and oxygen atoms in total. The molecule has 1 aromatic rings. The van der Waals surface area contributed by atoms with E-state index in [1.165, 1.54) is 11.8 Å². The van der Waals surface area contributed by atoms with Gasteiger partial charge in [0.2, 0.25) is 11.8 Å². The lowest BCUT2D eigenvalue weighted by Crippen LogP contribution is -2.35. The molecular formula is C11H13N3O2S. The van der Waals surface area contributed by atoms with Crippen LogP contribution in [0, 0.1) is 0 Å². The summed E-state index contributed by atoms with van der Waals surface area (Å²) in [6, 6.07) is 5.68. The number of nitrogens with one attached hydrogen (secondary N) is 3. The van der Waals surface area contributed by atoms with Crippen LogP contribution in [0.3, 0.4) is 0 Å². The molecule has 1 heterocycles. The van der Waals surface area contributed by atoms with Gasteiger partial charge in [-0.25, -0.2) is 5.43 Å². The number of hydrazine groups is 1. The van der Waals surface area contributed by atoms with Crippen LogP contribution in [0.1, 0.15) is 5.56 Å². The van der Waals surface area contributed by atoms with E-state index in [4.69, 9.17) is 0 Å². The number of benzene rings is 1. The molecule has 1 aromatic carbocycles. The summed E-state index contributed by atoms with van der Waals surface area (Å²) in [5.74, 6) is 0.341. The first-order chi connectivity index (χ1) is 8.19. The van der Waals surface area contributed by atoms with E-state index < -0.39 is 0 Å². The second kappa shape index (κ2) is 5.20. The van der Waals surface area contributed by atoms with Crippen LogP contribution in [-0.4, -0.2) is 24.6 Å². The summed E-state index contributed by atoms with van der Waals surface area (Å²) < 4.78 is 0. The molecule has 0 unspecified atom stereocenters. The minimum absolute atomic E-state index is 0.000624. The number of amides is 2. The average molecular weight is 251 g/mol. The zero-order valence-electron chi connectivity index (χ0n) is 9.37. The van der Waals surface area contributed by atoms with Gasteiger partial charge < -0.3 is 5.32 Å². The van der Waals surface area contributed by atoms with E-state index in [0.29, 0.717) is 5.75 Å². The van der Waals surface area contributed by atoms with Crippen molar-refractivity contribution in [2.45, 2.75) is 11.3 Å². The van der Waals surface area contributed by atoms with Crippen LogP contribution in [0.4, 0.5) is 5.69 Å². The first-order valence-electron chi connectivity index (χ1n) is 5.20. The summed E-state index contributed by atoms with van der Waals surface area (Å²) >= 11 is 1.51. The molecule has 0 aliphatic carbocycles. The lowest BCUT2D eigenvalue weighted by molar-refractivity contribution is -0.121. The Morgan fingerprint density at radius 1 is 1.53 bits per heavy atom. The number of hydrogen-bond acceptors (Lipinski definition) is 4. The van der Waals surface area contributed by atoms with Crippen molar-refractivity contribution in [2.24, 2.45) is 0 Å². The van der Waals surface area contributed by atoms with Gasteiger partial charge in [0, 0.05) is 11.9 Å². The molecule has 0 aromatic heterocycles. The number of anilines is 1. The third-order valence-corrected chi connectivity index (χ3v) is 3.38. The first-order valence-corrected chi connectivity index (χ1v) is 6.19. The fourth-order valence-electron chi connectivity index (χ4n) is 1.61. The van der Waals surface area contributed by atoms with Gasteiger partial charge in [-0.1, -0.05) is 6.07 Å². The average Bonchev–Trinajstić information content (AvgIpc) is 2.28. The van der Waals surface area contributed by atoms with Crippen molar-refractivity contribution in [1.82, 2.24) is 10.9 Å². The molecular weight excluding hydrogens is 238 g/mol. The summed E-state index contributed by atoms with van der Waals surface area (Å²) in [7, 11) is 1.64.